The quantitative estimate of drug-likeness (QED) is 0.630. The van der Waals surface area contributed by atoms with Gasteiger partial charge in [-0.1, -0.05) is 30.3 Å². The molecule has 0 aliphatic heterocycles. The van der Waals surface area contributed by atoms with E-state index < -0.39 is 0 Å². The number of rotatable bonds is 3. The largest absolute Gasteiger partial charge is 0.278 e. The topological polar surface area (TPSA) is 24.4 Å². The van der Waals surface area contributed by atoms with Crippen LogP contribution in [0.4, 0.5) is 10.1 Å². The molecule has 0 radical (unpaired) electrons. The minimum atomic E-state index is -0.259. The molecule has 0 aliphatic carbocycles. The monoisotopic (exact) mass is 228 g/mol. The van der Waals surface area contributed by atoms with Gasteiger partial charge in [0.25, 0.3) is 0 Å². The fourth-order valence-corrected chi connectivity index (χ4v) is 1.46. The minimum Gasteiger partial charge on any atom is -0.278 e. The average Bonchev–Trinajstić information content (AvgIpc) is 2.32. The second kappa shape index (κ2) is 5.25. The van der Waals surface area contributed by atoms with E-state index in [1.807, 2.05) is 31.2 Å². The van der Waals surface area contributed by atoms with Gasteiger partial charge in [0, 0.05) is 0 Å². The maximum Gasteiger partial charge on any atom is 0.123 e. The molecule has 2 aromatic carbocycles. The summed E-state index contributed by atoms with van der Waals surface area (Å²) < 4.78 is 12.9. The van der Waals surface area contributed by atoms with Crippen LogP contribution in [0.5, 0.6) is 0 Å². The summed E-state index contributed by atoms with van der Waals surface area (Å²) in [7, 11) is 0. The smallest absolute Gasteiger partial charge is 0.123 e. The van der Waals surface area contributed by atoms with E-state index in [9.17, 15) is 4.39 Å². The Kier molecular flexibility index (Phi) is 3.50. The first-order valence-electron chi connectivity index (χ1n) is 5.36. The third-order valence-electron chi connectivity index (χ3n) is 2.39. The van der Waals surface area contributed by atoms with Gasteiger partial charge in [0.1, 0.15) is 5.82 Å². The second-order valence-corrected chi connectivity index (χ2v) is 3.74. The van der Waals surface area contributed by atoms with Crippen LogP contribution < -0.4 is 5.43 Å². The highest BCUT2D eigenvalue weighted by molar-refractivity contribution is 5.80. The Morgan fingerprint density at radius 2 is 1.94 bits per heavy atom. The summed E-state index contributed by atoms with van der Waals surface area (Å²) in [6.07, 6.45) is 1.59. The first-order valence-corrected chi connectivity index (χ1v) is 5.36. The number of anilines is 1. The lowest BCUT2D eigenvalue weighted by atomic mass is 10.2. The fourth-order valence-electron chi connectivity index (χ4n) is 1.46. The molecular formula is C14H13FN2. The molecule has 0 aliphatic rings. The van der Waals surface area contributed by atoms with Gasteiger partial charge in [-0.25, -0.2) is 4.39 Å². The van der Waals surface area contributed by atoms with E-state index in [1.54, 1.807) is 18.3 Å². The van der Waals surface area contributed by atoms with E-state index in [0.717, 1.165) is 16.8 Å². The number of nitrogens with one attached hydrogen (secondary N) is 1. The lowest BCUT2D eigenvalue weighted by Gasteiger charge is -2.03. The van der Waals surface area contributed by atoms with E-state index in [1.165, 1.54) is 12.1 Å². The molecule has 0 atom stereocenters. The van der Waals surface area contributed by atoms with E-state index >= 15 is 0 Å². The molecule has 3 heteroatoms. The zero-order chi connectivity index (χ0) is 12.1. The Bertz CT molecular complexity index is 535. The summed E-state index contributed by atoms with van der Waals surface area (Å²) >= 11 is 0. The molecule has 0 spiro atoms. The van der Waals surface area contributed by atoms with Gasteiger partial charge in [0.05, 0.1) is 11.9 Å². The SMILES string of the molecule is Cc1ccccc1N/N=C\c1cccc(F)c1. The van der Waals surface area contributed by atoms with Crippen molar-refractivity contribution in [3.8, 4) is 0 Å². The standard InChI is InChI=1S/C14H13FN2/c1-11-5-2-3-8-14(11)17-16-10-12-6-4-7-13(15)9-12/h2-10,17H,1H3/b16-10-. The van der Waals surface area contributed by atoms with Crippen LogP contribution in [0, 0.1) is 12.7 Å². The van der Waals surface area contributed by atoms with Crippen molar-refractivity contribution in [2.24, 2.45) is 5.10 Å². The number of para-hydroxylation sites is 1. The van der Waals surface area contributed by atoms with Crippen molar-refractivity contribution in [1.29, 1.82) is 0 Å². The van der Waals surface area contributed by atoms with Gasteiger partial charge < -0.3 is 0 Å². The third kappa shape index (κ3) is 3.14. The maximum absolute atomic E-state index is 12.9. The summed E-state index contributed by atoms with van der Waals surface area (Å²) in [4.78, 5) is 0. The lowest BCUT2D eigenvalue weighted by Crippen LogP contribution is -1.92. The van der Waals surface area contributed by atoms with Gasteiger partial charge in [-0.3, -0.25) is 5.43 Å². The Morgan fingerprint density at radius 1 is 1.12 bits per heavy atom. The summed E-state index contributed by atoms with van der Waals surface area (Å²) in [6.45, 7) is 2.00. The maximum atomic E-state index is 12.9. The van der Waals surface area contributed by atoms with Crippen molar-refractivity contribution >= 4 is 11.9 Å². The van der Waals surface area contributed by atoms with Crippen molar-refractivity contribution in [3.63, 3.8) is 0 Å². The van der Waals surface area contributed by atoms with Gasteiger partial charge in [0.15, 0.2) is 0 Å². The van der Waals surface area contributed by atoms with Gasteiger partial charge in [-0.15, -0.1) is 0 Å². The highest BCUT2D eigenvalue weighted by Crippen LogP contribution is 2.12. The summed E-state index contributed by atoms with van der Waals surface area (Å²) in [5.74, 6) is -0.259. The molecule has 2 aromatic rings. The minimum absolute atomic E-state index is 0.259. The summed E-state index contributed by atoms with van der Waals surface area (Å²) in [6, 6.07) is 14.1. The van der Waals surface area contributed by atoms with Crippen molar-refractivity contribution in [2.45, 2.75) is 6.92 Å². The molecule has 1 N–H and O–H groups in total. The molecule has 2 rings (SSSR count). The van der Waals surface area contributed by atoms with Crippen LogP contribution in [-0.2, 0) is 0 Å². The predicted octanol–water partition coefficient (Wildman–Crippen LogP) is 3.58. The van der Waals surface area contributed by atoms with Crippen LogP contribution in [0.15, 0.2) is 53.6 Å². The summed E-state index contributed by atoms with van der Waals surface area (Å²) in [5, 5.41) is 4.07. The van der Waals surface area contributed by atoms with Crippen LogP contribution >= 0.6 is 0 Å². The zero-order valence-corrected chi connectivity index (χ0v) is 9.52. The Labute approximate surface area is 99.8 Å². The van der Waals surface area contributed by atoms with E-state index in [-0.39, 0.29) is 5.82 Å². The number of benzene rings is 2. The van der Waals surface area contributed by atoms with Crippen molar-refractivity contribution < 1.29 is 4.39 Å². The highest BCUT2D eigenvalue weighted by atomic mass is 19.1. The molecule has 0 bridgehead atoms. The molecule has 0 heterocycles. The highest BCUT2D eigenvalue weighted by Gasteiger charge is 1.93. The Balaban J connectivity index is 2.06. The number of halogens is 1. The van der Waals surface area contributed by atoms with E-state index in [2.05, 4.69) is 10.5 Å². The normalized spacial score (nSPS) is 10.7. The first kappa shape index (κ1) is 11.3. The fraction of sp³-hybridized carbons (Fsp3) is 0.0714. The lowest BCUT2D eigenvalue weighted by molar-refractivity contribution is 0.627. The second-order valence-electron chi connectivity index (χ2n) is 3.74. The number of hydrogen-bond acceptors (Lipinski definition) is 2. The van der Waals surface area contributed by atoms with Gasteiger partial charge in [0.2, 0.25) is 0 Å². The molecule has 2 nitrogen and oxygen atoms in total. The molecule has 0 saturated heterocycles. The van der Waals surface area contributed by atoms with Crippen LogP contribution in [-0.4, -0.2) is 6.21 Å². The van der Waals surface area contributed by atoms with Gasteiger partial charge >= 0.3 is 0 Å². The zero-order valence-electron chi connectivity index (χ0n) is 9.52. The van der Waals surface area contributed by atoms with Crippen LogP contribution in [0.3, 0.4) is 0 Å². The average molecular weight is 228 g/mol. The summed E-state index contributed by atoms with van der Waals surface area (Å²) in [5.41, 5.74) is 5.72. The predicted molar refractivity (Wildman–Crippen MR) is 68.8 cm³/mol. The molecule has 17 heavy (non-hydrogen) atoms. The number of hydrogen-bond donors (Lipinski definition) is 1. The van der Waals surface area contributed by atoms with Crippen LogP contribution in [0.1, 0.15) is 11.1 Å². The first-order chi connectivity index (χ1) is 8.25. The molecule has 0 saturated carbocycles. The molecule has 0 unspecified atom stereocenters. The third-order valence-corrected chi connectivity index (χ3v) is 2.39. The molecular weight excluding hydrogens is 215 g/mol. The van der Waals surface area contributed by atoms with Gasteiger partial charge in [-0.2, -0.15) is 5.10 Å². The number of nitrogens with zero attached hydrogens (tertiary/aromatic N) is 1. The molecule has 0 fully saturated rings. The Morgan fingerprint density at radius 3 is 2.71 bits per heavy atom. The molecule has 86 valence electrons. The van der Waals surface area contributed by atoms with Crippen LogP contribution in [0.2, 0.25) is 0 Å². The van der Waals surface area contributed by atoms with E-state index in [4.69, 9.17) is 0 Å². The van der Waals surface area contributed by atoms with Crippen molar-refractivity contribution in [1.82, 2.24) is 0 Å². The number of hydrazone groups is 1. The molecule has 0 amide bonds. The number of aryl methyl sites for hydroxylation is 1. The molecule has 0 aromatic heterocycles. The van der Waals surface area contributed by atoms with E-state index in [0.29, 0.717) is 0 Å². The van der Waals surface area contributed by atoms with Gasteiger partial charge in [-0.05, 0) is 36.2 Å². The van der Waals surface area contributed by atoms with Crippen molar-refractivity contribution in [2.75, 3.05) is 5.43 Å². The van der Waals surface area contributed by atoms with Crippen molar-refractivity contribution in [3.05, 3.63) is 65.5 Å². The Hall–Kier alpha value is -2.16. The van der Waals surface area contributed by atoms with Crippen LogP contribution in [0.25, 0.3) is 0 Å².